The quantitative estimate of drug-likeness (QED) is 0.458. The molecule has 0 bridgehead atoms. The second-order valence-electron chi connectivity index (χ2n) is 7.13. The fraction of sp³-hybridized carbons (Fsp3) is 0.238. The molecule has 0 aliphatic carbocycles. The van der Waals surface area contributed by atoms with Crippen LogP contribution in [0.1, 0.15) is 33.8 Å². The van der Waals surface area contributed by atoms with E-state index in [1.165, 1.54) is 30.3 Å². The van der Waals surface area contributed by atoms with Crippen LogP contribution < -0.4 is 0 Å². The van der Waals surface area contributed by atoms with E-state index in [-0.39, 0.29) is 30.1 Å². The summed E-state index contributed by atoms with van der Waals surface area (Å²) in [5.74, 6) is -2.31. The summed E-state index contributed by atoms with van der Waals surface area (Å²) in [5, 5.41) is 8.60. The van der Waals surface area contributed by atoms with Crippen molar-refractivity contribution in [3.63, 3.8) is 0 Å². The van der Waals surface area contributed by atoms with Gasteiger partial charge in [-0.15, -0.1) is 10.2 Å². The topological polar surface area (TPSA) is 88.8 Å². The Labute approximate surface area is 188 Å². The van der Waals surface area contributed by atoms with Crippen molar-refractivity contribution in [2.45, 2.75) is 25.9 Å². The van der Waals surface area contributed by atoms with Crippen molar-refractivity contribution in [3.05, 3.63) is 70.9 Å². The zero-order chi connectivity index (χ0) is 24.4. The van der Waals surface area contributed by atoms with Crippen molar-refractivity contribution in [1.82, 2.24) is 20.2 Å². The smallest absolute Gasteiger partial charge is 0.429 e. The summed E-state index contributed by atoms with van der Waals surface area (Å²) in [6.45, 7) is -1.55. The summed E-state index contributed by atoms with van der Waals surface area (Å²) in [5.41, 5.74) is 1.18. The van der Waals surface area contributed by atoms with Crippen LogP contribution in [0.5, 0.6) is 0 Å². The maximum Gasteiger partial charge on any atom is 0.429 e. The van der Waals surface area contributed by atoms with E-state index in [0.717, 1.165) is 22.2 Å². The highest BCUT2D eigenvalue weighted by Crippen LogP contribution is 2.31. The van der Waals surface area contributed by atoms with Crippen molar-refractivity contribution in [3.8, 4) is 11.5 Å². The maximum atomic E-state index is 13.2. The van der Waals surface area contributed by atoms with Crippen LogP contribution in [0.25, 0.3) is 11.5 Å². The molecule has 2 heterocycles. The molecule has 1 aromatic heterocycles. The molecule has 1 aliphatic heterocycles. The number of alkyl halides is 4. The summed E-state index contributed by atoms with van der Waals surface area (Å²) in [6, 6.07) is 9.33. The molecule has 8 nitrogen and oxygen atoms in total. The highest BCUT2D eigenvalue weighted by atomic mass is 19.3. The van der Waals surface area contributed by atoms with Crippen molar-refractivity contribution >= 4 is 12.0 Å². The zero-order valence-electron chi connectivity index (χ0n) is 17.1. The standard InChI is InChI=1S/C21H15F5N4O4/c22-14-5-1-11(2-6-14)8-30(21(32)33-10-16(23)24)29-9-13-4-3-12(7-15(13)20(29)31)18-27-28-19(34-18)17(25)26/h1-7,16-17H,8-10H2. The molecular weight excluding hydrogens is 467 g/mol. The molecule has 0 unspecified atom stereocenters. The van der Waals surface area contributed by atoms with Crippen LogP contribution in [-0.2, 0) is 17.8 Å². The van der Waals surface area contributed by atoms with Crippen LogP contribution in [0.3, 0.4) is 0 Å². The molecule has 0 spiro atoms. The minimum Gasteiger partial charge on any atom is -0.442 e. The van der Waals surface area contributed by atoms with E-state index in [1.54, 1.807) is 0 Å². The molecule has 0 fully saturated rings. The molecule has 0 atom stereocenters. The Morgan fingerprint density at radius 1 is 1.12 bits per heavy atom. The molecule has 1 aliphatic rings. The van der Waals surface area contributed by atoms with Gasteiger partial charge in [0.25, 0.3) is 18.2 Å². The third kappa shape index (κ3) is 4.82. The van der Waals surface area contributed by atoms with Gasteiger partial charge in [-0.2, -0.15) is 8.78 Å². The fourth-order valence-electron chi connectivity index (χ4n) is 3.27. The first-order valence-electron chi connectivity index (χ1n) is 9.76. The average Bonchev–Trinajstić information content (AvgIpc) is 3.42. The summed E-state index contributed by atoms with van der Waals surface area (Å²) in [7, 11) is 0. The number of hydrogen-bond donors (Lipinski definition) is 0. The van der Waals surface area contributed by atoms with Gasteiger partial charge in [-0.3, -0.25) is 4.79 Å². The third-order valence-electron chi connectivity index (χ3n) is 4.85. The van der Waals surface area contributed by atoms with Crippen LogP contribution in [-0.4, -0.2) is 45.2 Å². The summed E-state index contributed by atoms with van der Waals surface area (Å²) < 4.78 is 73.4. The number of hydrogen-bond acceptors (Lipinski definition) is 6. The number of fused-ring (bicyclic) bond motifs is 1. The average molecular weight is 482 g/mol. The van der Waals surface area contributed by atoms with Gasteiger partial charge < -0.3 is 9.15 Å². The second-order valence-corrected chi connectivity index (χ2v) is 7.13. The lowest BCUT2D eigenvalue weighted by Gasteiger charge is -2.30. The Balaban J connectivity index is 1.60. The summed E-state index contributed by atoms with van der Waals surface area (Å²) in [4.78, 5) is 25.7. The number of hydrazine groups is 1. The van der Waals surface area contributed by atoms with Crippen LogP contribution >= 0.6 is 0 Å². The van der Waals surface area contributed by atoms with Gasteiger partial charge in [0.2, 0.25) is 5.89 Å². The first-order valence-corrected chi connectivity index (χ1v) is 9.76. The van der Waals surface area contributed by atoms with Gasteiger partial charge in [0.05, 0.1) is 13.1 Å². The molecule has 3 aromatic rings. The van der Waals surface area contributed by atoms with Gasteiger partial charge in [0, 0.05) is 11.1 Å². The summed E-state index contributed by atoms with van der Waals surface area (Å²) >= 11 is 0. The molecule has 0 N–H and O–H groups in total. The van der Waals surface area contributed by atoms with E-state index in [0.29, 0.717) is 11.1 Å². The minimum atomic E-state index is -2.97. The van der Waals surface area contributed by atoms with Crippen molar-refractivity contribution in [2.24, 2.45) is 0 Å². The van der Waals surface area contributed by atoms with E-state index in [2.05, 4.69) is 14.9 Å². The first-order chi connectivity index (χ1) is 16.2. The molecule has 0 saturated carbocycles. The van der Waals surface area contributed by atoms with Gasteiger partial charge >= 0.3 is 12.5 Å². The lowest BCUT2D eigenvalue weighted by atomic mass is 10.1. The van der Waals surface area contributed by atoms with Gasteiger partial charge in [-0.05, 0) is 35.4 Å². The summed E-state index contributed by atoms with van der Waals surface area (Å²) in [6.07, 6.45) is -7.09. The zero-order valence-corrected chi connectivity index (χ0v) is 17.1. The van der Waals surface area contributed by atoms with Crippen LogP contribution in [0, 0.1) is 5.82 Å². The molecule has 2 amide bonds. The number of benzene rings is 2. The van der Waals surface area contributed by atoms with E-state index < -0.39 is 43.2 Å². The second kappa shape index (κ2) is 9.45. The van der Waals surface area contributed by atoms with E-state index in [1.807, 2.05) is 0 Å². The number of amides is 2. The predicted octanol–water partition coefficient (Wildman–Crippen LogP) is 4.59. The van der Waals surface area contributed by atoms with E-state index >= 15 is 0 Å². The number of carbonyl (C=O) groups is 2. The lowest BCUT2D eigenvalue weighted by Crippen LogP contribution is -2.46. The van der Waals surface area contributed by atoms with Gasteiger partial charge in [0.15, 0.2) is 6.61 Å². The monoisotopic (exact) mass is 482 g/mol. The Morgan fingerprint density at radius 2 is 1.85 bits per heavy atom. The Bertz CT molecular complexity index is 1200. The van der Waals surface area contributed by atoms with E-state index in [4.69, 9.17) is 4.42 Å². The first kappa shape index (κ1) is 23.1. The predicted molar refractivity (Wildman–Crippen MR) is 104 cm³/mol. The lowest BCUT2D eigenvalue weighted by molar-refractivity contribution is -0.0306. The Morgan fingerprint density at radius 3 is 2.50 bits per heavy atom. The minimum absolute atomic E-state index is 0.106. The number of carbonyl (C=O) groups excluding carboxylic acids is 2. The van der Waals surface area contributed by atoms with Crippen LogP contribution in [0.4, 0.5) is 26.7 Å². The highest BCUT2D eigenvalue weighted by Gasteiger charge is 2.36. The molecule has 13 heteroatoms. The number of rotatable bonds is 7. The number of ether oxygens (including phenoxy) is 1. The third-order valence-corrected chi connectivity index (χ3v) is 4.85. The van der Waals surface area contributed by atoms with Gasteiger partial charge in [-0.1, -0.05) is 18.2 Å². The highest BCUT2D eigenvalue weighted by molar-refractivity contribution is 5.99. The SMILES string of the molecule is O=C(OCC(F)F)N(Cc1ccc(F)cc1)N1Cc2ccc(-c3nnc(C(F)F)o3)cc2C1=O. The largest absolute Gasteiger partial charge is 0.442 e. The molecule has 34 heavy (non-hydrogen) atoms. The van der Waals surface area contributed by atoms with Gasteiger partial charge in [-0.25, -0.2) is 28.0 Å². The van der Waals surface area contributed by atoms with Crippen LogP contribution in [0.2, 0.25) is 0 Å². The fourth-order valence-corrected chi connectivity index (χ4v) is 3.27. The van der Waals surface area contributed by atoms with Crippen molar-refractivity contribution < 1.29 is 40.7 Å². The normalized spacial score (nSPS) is 13.0. The Hall–Kier alpha value is -4.03. The molecule has 4 rings (SSSR count). The molecule has 0 radical (unpaired) electrons. The maximum absolute atomic E-state index is 13.2. The molecular formula is C21H15F5N4O4. The number of nitrogens with zero attached hydrogens (tertiary/aromatic N) is 4. The Kier molecular flexibility index (Phi) is 6.43. The number of aromatic nitrogens is 2. The van der Waals surface area contributed by atoms with E-state index in [9.17, 15) is 31.5 Å². The van der Waals surface area contributed by atoms with Crippen LogP contribution in [0.15, 0.2) is 46.9 Å². The molecule has 178 valence electrons. The molecule has 0 saturated heterocycles. The van der Waals surface area contributed by atoms with Crippen molar-refractivity contribution in [2.75, 3.05) is 6.61 Å². The number of halogens is 5. The molecule has 2 aromatic carbocycles. The van der Waals surface area contributed by atoms with Crippen molar-refractivity contribution in [1.29, 1.82) is 0 Å². The van der Waals surface area contributed by atoms with Gasteiger partial charge in [0.1, 0.15) is 5.82 Å².